The molecule has 3 aromatic heterocycles. The zero-order chi connectivity index (χ0) is 21.0. The summed E-state index contributed by atoms with van der Waals surface area (Å²) in [4.78, 5) is 5.95. The molecule has 0 spiro atoms. The molecule has 5 rings (SSSR count). The molecule has 9 heteroatoms. The van der Waals surface area contributed by atoms with E-state index in [0.29, 0.717) is 0 Å². The van der Waals surface area contributed by atoms with Gasteiger partial charge >= 0.3 is 0 Å². The molecule has 0 amide bonds. The van der Waals surface area contributed by atoms with E-state index in [9.17, 15) is 0 Å². The zero-order valence-corrected chi connectivity index (χ0v) is 19.5. The molecular weight excluding hydrogens is 448 g/mol. The highest BCUT2D eigenvalue weighted by molar-refractivity contribution is 7.98. The monoisotopic (exact) mass is 470 g/mol. The Balaban J connectivity index is 1.34. The first-order valence-electron chi connectivity index (χ1n) is 10.1. The molecule has 0 saturated carbocycles. The minimum Gasteiger partial charge on any atom is -0.497 e. The summed E-state index contributed by atoms with van der Waals surface area (Å²) >= 11 is 5.01. The summed E-state index contributed by atoms with van der Waals surface area (Å²) in [5, 5.41) is 15.1. The van der Waals surface area contributed by atoms with Gasteiger partial charge in [-0.05, 0) is 36.4 Å². The largest absolute Gasteiger partial charge is 0.497 e. The van der Waals surface area contributed by atoms with Gasteiger partial charge in [-0.1, -0.05) is 30.0 Å². The average molecular weight is 471 g/mol. The lowest BCUT2D eigenvalue weighted by Crippen LogP contribution is -2.16. The van der Waals surface area contributed by atoms with Gasteiger partial charge in [-0.3, -0.25) is 4.57 Å². The van der Waals surface area contributed by atoms with Crippen LogP contribution in [0.5, 0.6) is 5.75 Å². The molecule has 1 aromatic carbocycles. The first-order chi connectivity index (χ1) is 15.3. The van der Waals surface area contributed by atoms with Crippen molar-refractivity contribution in [1.82, 2.24) is 19.7 Å². The average Bonchev–Trinajstić information content (AvgIpc) is 3.60. The summed E-state index contributed by atoms with van der Waals surface area (Å²) in [5.74, 6) is 2.50. The summed E-state index contributed by atoms with van der Waals surface area (Å²) in [6.45, 7) is 1.63. The van der Waals surface area contributed by atoms with Crippen LogP contribution in [0.25, 0.3) is 21.3 Å². The van der Waals surface area contributed by atoms with Crippen molar-refractivity contribution in [3.63, 3.8) is 0 Å². The molecule has 0 N–H and O–H groups in total. The molecule has 6 nitrogen and oxygen atoms in total. The van der Waals surface area contributed by atoms with Gasteiger partial charge in [-0.2, -0.15) is 0 Å². The minimum absolute atomic E-state index is 0.230. The molecule has 1 aliphatic rings. The number of thiophene rings is 1. The molecule has 0 bridgehead atoms. The fraction of sp³-hybridized carbons (Fsp3) is 0.318. The highest BCUT2D eigenvalue weighted by Gasteiger charge is 2.22. The van der Waals surface area contributed by atoms with Crippen LogP contribution in [0.3, 0.4) is 0 Å². The molecule has 4 heterocycles. The van der Waals surface area contributed by atoms with E-state index in [4.69, 9.17) is 14.5 Å². The summed E-state index contributed by atoms with van der Waals surface area (Å²) in [6.07, 6.45) is 2.44. The number of benzene rings is 1. The van der Waals surface area contributed by atoms with Gasteiger partial charge in [0, 0.05) is 23.3 Å². The topological polar surface area (TPSA) is 62.1 Å². The van der Waals surface area contributed by atoms with Gasteiger partial charge < -0.3 is 9.47 Å². The number of hydrogen-bond donors (Lipinski definition) is 0. The van der Waals surface area contributed by atoms with Crippen LogP contribution in [-0.4, -0.2) is 39.6 Å². The SMILES string of the molecule is COc1cccc(-c2nc(CSc3nnc(-c4cccs4)n3C[C@@H]3CCCO3)cs2)c1. The predicted octanol–water partition coefficient (Wildman–Crippen LogP) is 5.61. The quantitative estimate of drug-likeness (QED) is 0.312. The van der Waals surface area contributed by atoms with Gasteiger partial charge in [0.05, 0.1) is 30.3 Å². The van der Waals surface area contributed by atoms with Crippen LogP contribution in [0.4, 0.5) is 0 Å². The van der Waals surface area contributed by atoms with Gasteiger partial charge in [0.25, 0.3) is 0 Å². The van der Waals surface area contributed by atoms with Crippen molar-refractivity contribution in [2.24, 2.45) is 0 Å². The fourth-order valence-electron chi connectivity index (χ4n) is 3.54. The zero-order valence-electron chi connectivity index (χ0n) is 17.1. The Morgan fingerprint density at radius 3 is 3.00 bits per heavy atom. The summed E-state index contributed by atoms with van der Waals surface area (Å²) in [5.41, 5.74) is 2.11. The van der Waals surface area contributed by atoms with Crippen molar-refractivity contribution in [2.45, 2.75) is 36.4 Å². The second-order valence-electron chi connectivity index (χ2n) is 7.19. The van der Waals surface area contributed by atoms with Crippen LogP contribution in [0.15, 0.2) is 52.3 Å². The van der Waals surface area contributed by atoms with Crippen molar-refractivity contribution >= 4 is 34.4 Å². The second kappa shape index (κ2) is 9.52. The van der Waals surface area contributed by atoms with Crippen molar-refractivity contribution in [3.8, 4) is 27.0 Å². The molecule has 0 aliphatic carbocycles. The van der Waals surface area contributed by atoms with Crippen LogP contribution < -0.4 is 4.74 Å². The van der Waals surface area contributed by atoms with E-state index in [-0.39, 0.29) is 6.10 Å². The number of methoxy groups -OCH3 is 1. The second-order valence-corrected chi connectivity index (χ2v) is 9.94. The lowest BCUT2D eigenvalue weighted by Gasteiger charge is -2.14. The lowest BCUT2D eigenvalue weighted by atomic mass is 10.2. The third-order valence-corrected chi connectivity index (χ3v) is 7.89. The van der Waals surface area contributed by atoms with Crippen molar-refractivity contribution in [3.05, 3.63) is 52.9 Å². The summed E-state index contributed by atoms with van der Waals surface area (Å²) in [6, 6.07) is 12.2. The molecule has 31 heavy (non-hydrogen) atoms. The Morgan fingerprint density at radius 2 is 2.19 bits per heavy atom. The molecule has 160 valence electrons. The van der Waals surface area contributed by atoms with Gasteiger partial charge in [0.1, 0.15) is 10.8 Å². The van der Waals surface area contributed by atoms with Crippen molar-refractivity contribution in [2.75, 3.05) is 13.7 Å². The molecule has 1 aliphatic heterocycles. The van der Waals surface area contributed by atoms with Crippen molar-refractivity contribution in [1.29, 1.82) is 0 Å². The number of rotatable bonds is 8. The Kier molecular flexibility index (Phi) is 6.35. The number of thiazole rings is 1. The third kappa shape index (κ3) is 4.69. The number of aromatic nitrogens is 4. The van der Waals surface area contributed by atoms with E-state index in [1.54, 1.807) is 41.5 Å². The van der Waals surface area contributed by atoms with Crippen LogP contribution in [0.2, 0.25) is 0 Å². The van der Waals surface area contributed by atoms with E-state index >= 15 is 0 Å². The summed E-state index contributed by atoms with van der Waals surface area (Å²) in [7, 11) is 1.68. The highest BCUT2D eigenvalue weighted by Crippen LogP contribution is 2.32. The molecule has 1 fully saturated rings. The van der Waals surface area contributed by atoms with E-state index in [2.05, 4.69) is 37.7 Å². The van der Waals surface area contributed by atoms with E-state index < -0.39 is 0 Å². The maximum absolute atomic E-state index is 5.88. The van der Waals surface area contributed by atoms with Gasteiger partial charge in [-0.15, -0.1) is 32.9 Å². The molecule has 1 saturated heterocycles. The van der Waals surface area contributed by atoms with Crippen molar-refractivity contribution < 1.29 is 9.47 Å². The standard InChI is InChI=1S/C22H22N4O2S3/c1-27-17-6-2-5-15(11-17)21-23-16(13-30-21)14-31-22-25-24-20(19-8-4-10-29-19)26(22)12-18-7-3-9-28-18/h2,4-6,8,10-11,13,18H,3,7,9,12,14H2,1H3/t18-/m0/s1. The minimum atomic E-state index is 0.230. The predicted molar refractivity (Wildman–Crippen MR) is 126 cm³/mol. The molecular formula is C22H22N4O2S3. The van der Waals surface area contributed by atoms with E-state index in [1.165, 1.54) is 0 Å². The van der Waals surface area contributed by atoms with E-state index in [0.717, 1.165) is 69.6 Å². The molecule has 0 unspecified atom stereocenters. The van der Waals surface area contributed by atoms with E-state index in [1.807, 2.05) is 24.3 Å². The molecule has 1 atom stereocenters. The van der Waals surface area contributed by atoms with Crippen LogP contribution >= 0.6 is 34.4 Å². The number of hydrogen-bond acceptors (Lipinski definition) is 8. The Bertz CT molecular complexity index is 1130. The first kappa shape index (κ1) is 20.7. The fourth-order valence-corrected chi connectivity index (χ4v) is 6.02. The number of ether oxygens (including phenoxy) is 2. The lowest BCUT2D eigenvalue weighted by molar-refractivity contribution is 0.0953. The molecule has 0 radical (unpaired) electrons. The number of nitrogens with zero attached hydrogens (tertiary/aromatic N) is 4. The smallest absolute Gasteiger partial charge is 0.191 e. The van der Waals surface area contributed by atoms with Crippen LogP contribution in [0.1, 0.15) is 18.5 Å². The Hall–Kier alpha value is -2.20. The van der Waals surface area contributed by atoms with Gasteiger partial charge in [0.2, 0.25) is 0 Å². The van der Waals surface area contributed by atoms with Crippen LogP contribution in [0, 0.1) is 0 Å². The van der Waals surface area contributed by atoms with Gasteiger partial charge in [-0.25, -0.2) is 4.98 Å². The molecule has 4 aromatic rings. The number of thioether (sulfide) groups is 1. The third-order valence-electron chi connectivity index (χ3n) is 5.09. The van der Waals surface area contributed by atoms with Crippen LogP contribution in [-0.2, 0) is 17.0 Å². The maximum Gasteiger partial charge on any atom is 0.191 e. The normalized spacial score (nSPS) is 16.1. The van der Waals surface area contributed by atoms with Gasteiger partial charge in [0.15, 0.2) is 11.0 Å². The highest BCUT2D eigenvalue weighted by atomic mass is 32.2. The maximum atomic E-state index is 5.88. The Morgan fingerprint density at radius 1 is 1.23 bits per heavy atom. The summed E-state index contributed by atoms with van der Waals surface area (Å²) < 4.78 is 13.4. The first-order valence-corrected chi connectivity index (χ1v) is 12.8. The Labute approximate surface area is 193 Å².